The molecule has 0 N–H and O–H groups in total. The van der Waals surface area contributed by atoms with Crippen molar-refractivity contribution < 1.29 is 0 Å². The highest BCUT2D eigenvalue weighted by Gasteiger charge is 2.25. The molecule has 0 radical (unpaired) electrons. The Morgan fingerprint density at radius 1 is 0.183 bits per heavy atom. The third kappa shape index (κ3) is 7.30. The number of benzene rings is 8. The second-order valence-corrected chi connectivity index (χ2v) is 14.6. The summed E-state index contributed by atoms with van der Waals surface area (Å²) >= 11 is 0. The fourth-order valence-electron chi connectivity index (χ4n) is 7.86. The van der Waals surface area contributed by atoms with Crippen LogP contribution in [0.4, 0.5) is 0 Å². The monoisotopic (exact) mass is 766 g/mol. The molecule has 0 saturated heterocycles. The number of hydrogen-bond acceptors (Lipinski definition) is 4. The van der Waals surface area contributed by atoms with Crippen molar-refractivity contribution in [2.45, 2.75) is 0 Å². The zero-order valence-corrected chi connectivity index (χ0v) is 32.7. The van der Waals surface area contributed by atoms with Crippen LogP contribution in [0.3, 0.4) is 0 Å². The molecule has 10 aromatic rings. The molecular formula is C56H38N4. The Balaban J connectivity index is 1.15. The number of rotatable bonds is 9. The van der Waals surface area contributed by atoms with Crippen molar-refractivity contribution in [3.63, 3.8) is 0 Å². The van der Waals surface area contributed by atoms with Gasteiger partial charge in [0.1, 0.15) is 0 Å². The van der Waals surface area contributed by atoms with E-state index in [1.165, 1.54) is 0 Å². The first-order chi connectivity index (χ1) is 29.8. The van der Waals surface area contributed by atoms with Crippen LogP contribution in [0.25, 0.3) is 101 Å². The van der Waals surface area contributed by atoms with E-state index in [9.17, 15) is 0 Å². The number of pyridine rings is 1. The maximum Gasteiger partial charge on any atom is 0.164 e. The van der Waals surface area contributed by atoms with Gasteiger partial charge in [-0.15, -0.1) is 0 Å². The van der Waals surface area contributed by atoms with Crippen molar-refractivity contribution in [2.24, 2.45) is 0 Å². The lowest BCUT2D eigenvalue weighted by Crippen LogP contribution is -2.01. The first kappa shape index (κ1) is 36.3. The van der Waals surface area contributed by atoms with E-state index in [1.807, 2.05) is 60.7 Å². The third-order valence-electron chi connectivity index (χ3n) is 10.7. The minimum absolute atomic E-state index is 0.625. The van der Waals surface area contributed by atoms with Crippen LogP contribution in [-0.4, -0.2) is 19.9 Å². The van der Waals surface area contributed by atoms with Crippen molar-refractivity contribution in [3.8, 4) is 101 Å². The van der Waals surface area contributed by atoms with Gasteiger partial charge in [0.15, 0.2) is 17.5 Å². The van der Waals surface area contributed by atoms with Crippen LogP contribution in [0.5, 0.6) is 0 Å². The van der Waals surface area contributed by atoms with Gasteiger partial charge < -0.3 is 0 Å². The Kier molecular flexibility index (Phi) is 9.92. The molecule has 0 unspecified atom stereocenters. The van der Waals surface area contributed by atoms with Gasteiger partial charge in [-0.25, -0.2) is 19.9 Å². The van der Waals surface area contributed by atoms with Crippen LogP contribution >= 0.6 is 0 Å². The standard InChI is InChI=1S/C56H38N4/c1-7-20-40(21-8-1)50-49(51(41-22-9-2-10-23-41)53(44-26-13-4-14-27-44)57-52(50)43-24-11-3-12-25-43)42-36-34-39(35-37-42)47-32-19-33-48(38-47)56-59-54(45-28-15-5-16-29-45)58-55(60-56)46-30-17-6-18-31-46/h1-38H. The van der Waals surface area contributed by atoms with E-state index in [-0.39, 0.29) is 0 Å². The quantitative estimate of drug-likeness (QED) is 0.147. The highest BCUT2D eigenvalue weighted by atomic mass is 15.0. The topological polar surface area (TPSA) is 51.6 Å². The Hall–Kier alpha value is -8.08. The fourth-order valence-corrected chi connectivity index (χ4v) is 7.86. The molecule has 60 heavy (non-hydrogen) atoms. The van der Waals surface area contributed by atoms with E-state index in [0.29, 0.717) is 17.5 Å². The molecule has 4 heteroatoms. The van der Waals surface area contributed by atoms with E-state index >= 15 is 0 Å². The lowest BCUT2D eigenvalue weighted by atomic mass is 9.83. The average molecular weight is 767 g/mol. The lowest BCUT2D eigenvalue weighted by Gasteiger charge is -2.23. The van der Waals surface area contributed by atoms with Crippen LogP contribution in [-0.2, 0) is 0 Å². The smallest absolute Gasteiger partial charge is 0.164 e. The predicted molar refractivity (Wildman–Crippen MR) is 247 cm³/mol. The molecule has 0 saturated carbocycles. The predicted octanol–water partition coefficient (Wildman–Crippen LogP) is 14.3. The van der Waals surface area contributed by atoms with Crippen LogP contribution in [0.1, 0.15) is 0 Å². The first-order valence-corrected chi connectivity index (χ1v) is 20.1. The van der Waals surface area contributed by atoms with Gasteiger partial charge in [-0.3, -0.25) is 0 Å². The molecule has 0 bridgehead atoms. The van der Waals surface area contributed by atoms with Crippen molar-refractivity contribution in [1.82, 2.24) is 19.9 Å². The molecule has 10 rings (SSSR count). The molecule has 0 aliphatic heterocycles. The van der Waals surface area contributed by atoms with E-state index in [4.69, 9.17) is 19.9 Å². The molecule has 0 spiro atoms. The Bertz CT molecular complexity index is 2870. The van der Waals surface area contributed by atoms with Crippen LogP contribution in [0.15, 0.2) is 231 Å². The molecule has 2 heterocycles. The molecule has 0 fully saturated rings. The lowest BCUT2D eigenvalue weighted by molar-refractivity contribution is 1.07. The molecule has 0 aliphatic rings. The third-order valence-corrected chi connectivity index (χ3v) is 10.7. The van der Waals surface area contributed by atoms with Gasteiger partial charge in [-0.05, 0) is 33.9 Å². The molecule has 0 aliphatic carbocycles. The van der Waals surface area contributed by atoms with Gasteiger partial charge in [0.25, 0.3) is 0 Å². The zero-order valence-electron chi connectivity index (χ0n) is 32.7. The van der Waals surface area contributed by atoms with E-state index in [0.717, 1.165) is 83.7 Å². The van der Waals surface area contributed by atoms with E-state index in [1.54, 1.807) is 0 Å². The number of nitrogens with zero attached hydrogens (tertiary/aromatic N) is 4. The van der Waals surface area contributed by atoms with Crippen LogP contribution < -0.4 is 0 Å². The number of hydrogen-bond donors (Lipinski definition) is 0. The van der Waals surface area contributed by atoms with Gasteiger partial charge in [-0.2, -0.15) is 0 Å². The van der Waals surface area contributed by atoms with E-state index < -0.39 is 0 Å². The second kappa shape index (κ2) is 16.4. The average Bonchev–Trinajstić information content (AvgIpc) is 3.35. The molecule has 8 aromatic carbocycles. The highest BCUT2D eigenvalue weighted by molar-refractivity contribution is 6.05. The largest absolute Gasteiger partial charge is 0.246 e. The van der Waals surface area contributed by atoms with Crippen LogP contribution in [0.2, 0.25) is 0 Å². The second-order valence-electron chi connectivity index (χ2n) is 14.6. The molecule has 4 nitrogen and oxygen atoms in total. The van der Waals surface area contributed by atoms with Gasteiger partial charge in [0.2, 0.25) is 0 Å². The highest BCUT2D eigenvalue weighted by Crippen LogP contribution is 2.48. The molecule has 2 aromatic heterocycles. The molecule has 0 atom stereocenters. The molecule has 282 valence electrons. The normalized spacial score (nSPS) is 11.0. The Morgan fingerprint density at radius 3 is 0.900 bits per heavy atom. The van der Waals surface area contributed by atoms with Crippen molar-refractivity contribution >= 4 is 0 Å². The summed E-state index contributed by atoms with van der Waals surface area (Å²) in [6.07, 6.45) is 0. The molecular weight excluding hydrogens is 729 g/mol. The SMILES string of the molecule is c1ccc(-c2nc(-c3ccccc3)nc(-c3cccc(-c4ccc(-c5c(-c6ccccc6)c(-c6ccccc6)nc(-c6ccccc6)c5-c5ccccc5)cc4)c3)n2)cc1. The van der Waals surface area contributed by atoms with Crippen molar-refractivity contribution in [3.05, 3.63) is 231 Å². The summed E-state index contributed by atoms with van der Waals surface area (Å²) in [6.45, 7) is 0. The van der Waals surface area contributed by atoms with E-state index in [2.05, 4.69) is 170 Å². The fraction of sp³-hybridized carbons (Fsp3) is 0. The van der Waals surface area contributed by atoms with Gasteiger partial charge in [-0.1, -0.05) is 224 Å². The van der Waals surface area contributed by atoms with Gasteiger partial charge >= 0.3 is 0 Å². The minimum atomic E-state index is 0.625. The summed E-state index contributed by atoms with van der Waals surface area (Å²) in [5.41, 5.74) is 15.6. The van der Waals surface area contributed by atoms with Gasteiger partial charge in [0, 0.05) is 44.5 Å². The maximum atomic E-state index is 5.59. The summed E-state index contributed by atoms with van der Waals surface area (Å²) in [5, 5.41) is 0. The summed E-state index contributed by atoms with van der Waals surface area (Å²) in [7, 11) is 0. The minimum Gasteiger partial charge on any atom is -0.246 e. The first-order valence-electron chi connectivity index (χ1n) is 20.1. The zero-order chi connectivity index (χ0) is 40.1. The molecule has 0 amide bonds. The Labute approximate surface area is 350 Å². The van der Waals surface area contributed by atoms with Crippen LogP contribution in [0, 0.1) is 0 Å². The maximum absolute atomic E-state index is 5.59. The Morgan fingerprint density at radius 2 is 0.483 bits per heavy atom. The van der Waals surface area contributed by atoms with Crippen molar-refractivity contribution in [2.75, 3.05) is 0 Å². The summed E-state index contributed by atoms with van der Waals surface area (Å²) in [6, 6.07) is 80.0. The number of aromatic nitrogens is 4. The van der Waals surface area contributed by atoms with Gasteiger partial charge in [0.05, 0.1) is 11.4 Å². The van der Waals surface area contributed by atoms with Crippen molar-refractivity contribution in [1.29, 1.82) is 0 Å². The summed E-state index contributed by atoms with van der Waals surface area (Å²) in [4.78, 5) is 20.5. The summed E-state index contributed by atoms with van der Waals surface area (Å²) < 4.78 is 0. The summed E-state index contributed by atoms with van der Waals surface area (Å²) in [5.74, 6) is 1.90.